The second kappa shape index (κ2) is 7.09. The summed E-state index contributed by atoms with van der Waals surface area (Å²) in [5.74, 6) is 0. The van der Waals surface area contributed by atoms with E-state index in [1.807, 2.05) is 0 Å². The molecule has 1 heterocycles. The van der Waals surface area contributed by atoms with E-state index in [-0.39, 0.29) is 0 Å². The molecule has 1 N–H and O–H groups in total. The molecule has 0 aliphatic carbocycles. The SMILES string of the molecule is CCC(CC)(CNC(C)C)Cc1ccn(C(C)C)n1. The van der Waals surface area contributed by atoms with Gasteiger partial charge in [0.05, 0.1) is 5.69 Å². The Balaban J connectivity index is 2.75. The first-order chi connectivity index (χ1) is 8.92. The normalized spacial score (nSPS) is 12.6. The molecular formula is C16H31N3. The van der Waals surface area contributed by atoms with E-state index < -0.39 is 0 Å². The lowest BCUT2D eigenvalue weighted by Gasteiger charge is -2.32. The molecule has 0 aromatic carbocycles. The molecule has 1 aromatic rings. The lowest BCUT2D eigenvalue weighted by molar-refractivity contribution is 0.236. The molecule has 0 bridgehead atoms. The van der Waals surface area contributed by atoms with Crippen LogP contribution in [0.25, 0.3) is 0 Å². The van der Waals surface area contributed by atoms with Gasteiger partial charge in [0.2, 0.25) is 0 Å². The molecule has 0 aliphatic rings. The molecule has 0 saturated carbocycles. The second-order valence-electron chi connectivity index (χ2n) is 6.30. The van der Waals surface area contributed by atoms with Crippen LogP contribution in [0.3, 0.4) is 0 Å². The number of aromatic nitrogens is 2. The average molecular weight is 265 g/mol. The van der Waals surface area contributed by atoms with Gasteiger partial charge in [-0.15, -0.1) is 0 Å². The fourth-order valence-corrected chi connectivity index (χ4v) is 2.38. The Morgan fingerprint density at radius 3 is 2.26 bits per heavy atom. The van der Waals surface area contributed by atoms with Crippen LogP contribution in [0.5, 0.6) is 0 Å². The van der Waals surface area contributed by atoms with Gasteiger partial charge in [0.25, 0.3) is 0 Å². The van der Waals surface area contributed by atoms with Crippen molar-refractivity contribution in [3.63, 3.8) is 0 Å². The highest BCUT2D eigenvalue weighted by molar-refractivity contribution is 5.04. The van der Waals surface area contributed by atoms with E-state index in [4.69, 9.17) is 5.10 Å². The van der Waals surface area contributed by atoms with Gasteiger partial charge in [-0.25, -0.2) is 0 Å². The Hall–Kier alpha value is -0.830. The summed E-state index contributed by atoms with van der Waals surface area (Å²) in [6.45, 7) is 14.4. The van der Waals surface area contributed by atoms with Gasteiger partial charge in [-0.3, -0.25) is 4.68 Å². The van der Waals surface area contributed by atoms with Crippen molar-refractivity contribution in [3.8, 4) is 0 Å². The standard InChI is InChI=1S/C16H31N3/c1-7-16(8-2,12-17-13(3)4)11-15-9-10-19(18-15)14(5)6/h9-10,13-14,17H,7-8,11-12H2,1-6H3. The number of hydrogen-bond acceptors (Lipinski definition) is 2. The highest BCUT2D eigenvalue weighted by atomic mass is 15.3. The van der Waals surface area contributed by atoms with Crippen molar-refractivity contribution < 1.29 is 0 Å². The zero-order chi connectivity index (χ0) is 14.5. The van der Waals surface area contributed by atoms with Gasteiger partial charge in [0.15, 0.2) is 0 Å². The lowest BCUT2D eigenvalue weighted by atomic mass is 9.78. The fraction of sp³-hybridized carbons (Fsp3) is 0.812. The molecule has 0 atom stereocenters. The highest BCUT2D eigenvalue weighted by Crippen LogP contribution is 2.30. The van der Waals surface area contributed by atoms with Crippen LogP contribution in [0.2, 0.25) is 0 Å². The maximum Gasteiger partial charge on any atom is 0.0630 e. The summed E-state index contributed by atoms with van der Waals surface area (Å²) < 4.78 is 2.06. The molecule has 110 valence electrons. The summed E-state index contributed by atoms with van der Waals surface area (Å²) in [5.41, 5.74) is 1.56. The predicted molar refractivity (Wildman–Crippen MR) is 82.5 cm³/mol. The highest BCUT2D eigenvalue weighted by Gasteiger charge is 2.27. The molecule has 0 amide bonds. The minimum Gasteiger partial charge on any atom is -0.314 e. The molecule has 1 aromatic heterocycles. The van der Waals surface area contributed by atoms with Crippen molar-refractivity contribution in [1.29, 1.82) is 0 Å². The molecule has 0 unspecified atom stereocenters. The van der Waals surface area contributed by atoms with Crippen molar-refractivity contribution in [2.24, 2.45) is 5.41 Å². The van der Waals surface area contributed by atoms with Crippen molar-refractivity contribution in [3.05, 3.63) is 18.0 Å². The Kier molecular flexibility index (Phi) is 6.05. The van der Waals surface area contributed by atoms with Crippen LogP contribution in [0, 0.1) is 5.41 Å². The zero-order valence-electron chi connectivity index (χ0n) is 13.5. The lowest BCUT2D eigenvalue weighted by Crippen LogP contribution is -2.38. The van der Waals surface area contributed by atoms with Crippen LogP contribution >= 0.6 is 0 Å². The predicted octanol–water partition coefficient (Wildman–Crippen LogP) is 3.81. The van der Waals surface area contributed by atoms with Gasteiger partial charge in [0, 0.05) is 24.8 Å². The van der Waals surface area contributed by atoms with E-state index >= 15 is 0 Å². The Morgan fingerprint density at radius 2 is 1.84 bits per heavy atom. The van der Waals surface area contributed by atoms with Gasteiger partial charge in [0.1, 0.15) is 0 Å². The summed E-state index contributed by atoms with van der Waals surface area (Å²) in [7, 11) is 0. The molecule has 0 radical (unpaired) electrons. The van der Waals surface area contributed by atoms with E-state index in [0.717, 1.165) is 13.0 Å². The second-order valence-corrected chi connectivity index (χ2v) is 6.30. The number of nitrogens with zero attached hydrogens (tertiary/aromatic N) is 2. The third kappa shape index (κ3) is 4.64. The van der Waals surface area contributed by atoms with Crippen molar-refractivity contribution in [1.82, 2.24) is 15.1 Å². The van der Waals surface area contributed by atoms with E-state index in [2.05, 4.69) is 63.8 Å². The average Bonchev–Trinajstić information content (AvgIpc) is 2.83. The maximum absolute atomic E-state index is 4.71. The molecule has 1 rings (SSSR count). The summed E-state index contributed by atoms with van der Waals surface area (Å²) in [4.78, 5) is 0. The van der Waals surface area contributed by atoms with Crippen LogP contribution < -0.4 is 5.32 Å². The molecule has 0 aliphatic heterocycles. The minimum atomic E-state index is 0.334. The molecule has 0 saturated heterocycles. The third-order valence-corrected chi connectivity index (χ3v) is 4.13. The van der Waals surface area contributed by atoms with E-state index in [0.29, 0.717) is 17.5 Å². The topological polar surface area (TPSA) is 29.9 Å². The molecule has 3 heteroatoms. The maximum atomic E-state index is 4.71. The van der Waals surface area contributed by atoms with Gasteiger partial charge in [-0.1, -0.05) is 27.7 Å². The molecular weight excluding hydrogens is 234 g/mol. The van der Waals surface area contributed by atoms with Crippen molar-refractivity contribution >= 4 is 0 Å². The molecule has 0 spiro atoms. The van der Waals surface area contributed by atoms with Crippen LogP contribution in [-0.4, -0.2) is 22.4 Å². The first-order valence-corrected chi connectivity index (χ1v) is 7.70. The Bertz CT molecular complexity index is 362. The first kappa shape index (κ1) is 16.2. The summed E-state index contributed by atoms with van der Waals surface area (Å²) in [6, 6.07) is 3.17. The van der Waals surface area contributed by atoms with Crippen molar-refractivity contribution in [2.45, 2.75) is 72.9 Å². The minimum absolute atomic E-state index is 0.334. The third-order valence-electron chi connectivity index (χ3n) is 4.13. The smallest absolute Gasteiger partial charge is 0.0630 e. The van der Waals surface area contributed by atoms with Gasteiger partial charge >= 0.3 is 0 Å². The van der Waals surface area contributed by atoms with Crippen LogP contribution in [-0.2, 0) is 6.42 Å². The van der Waals surface area contributed by atoms with Gasteiger partial charge in [-0.05, 0) is 44.6 Å². The monoisotopic (exact) mass is 265 g/mol. The largest absolute Gasteiger partial charge is 0.314 e. The fourth-order valence-electron chi connectivity index (χ4n) is 2.38. The summed E-state index contributed by atoms with van der Waals surface area (Å²) in [5, 5.41) is 8.31. The number of nitrogens with one attached hydrogen (secondary N) is 1. The Morgan fingerprint density at radius 1 is 1.21 bits per heavy atom. The molecule has 19 heavy (non-hydrogen) atoms. The van der Waals surface area contributed by atoms with Crippen LogP contribution in [0.4, 0.5) is 0 Å². The summed E-state index contributed by atoms with van der Waals surface area (Å²) in [6.07, 6.45) is 5.56. The Labute approximate surface area is 118 Å². The molecule has 0 fully saturated rings. The van der Waals surface area contributed by atoms with E-state index in [1.165, 1.54) is 18.5 Å². The first-order valence-electron chi connectivity index (χ1n) is 7.70. The van der Waals surface area contributed by atoms with Gasteiger partial charge in [-0.2, -0.15) is 5.10 Å². The summed E-state index contributed by atoms with van der Waals surface area (Å²) >= 11 is 0. The zero-order valence-corrected chi connectivity index (χ0v) is 13.5. The number of hydrogen-bond donors (Lipinski definition) is 1. The van der Waals surface area contributed by atoms with Crippen LogP contribution in [0.1, 0.15) is 66.1 Å². The van der Waals surface area contributed by atoms with Gasteiger partial charge < -0.3 is 5.32 Å². The molecule has 3 nitrogen and oxygen atoms in total. The van der Waals surface area contributed by atoms with Crippen LogP contribution in [0.15, 0.2) is 12.3 Å². The van der Waals surface area contributed by atoms with Crippen molar-refractivity contribution in [2.75, 3.05) is 6.54 Å². The quantitative estimate of drug-likeness (QED) is 0.774. The van der Waals surface area contributed by atoms with E-state index in [1.54, 1.807) is 0 Å². The van der Waals surface area contributed by atoms with E-state index in [9.17, 15) is 0 Å². The number of rotatable bonds is 8.